The second-order valence-electron chi connectivity index (χ2n) is 1.67. The standard InChI is InChI=1S/C8H9O.Mg.2H/c1-2-9-8-6-4-3-5-7-8;;;/h4-7H,2H2,1H3;;;. The molecule has 0 fully saturated rings. The fraction of sp³-hybridized carbons (Fsp3) is 0.250. The van der Waals surface area contributed by atoms with E-state index in [0.29, 0.717) is 0 Å². The lowest BCUT2D eigenvalue weighted by atomic mass is 10.3. The molecule has 0 aromatic heterocycles. The zero-order valence-corrected chi connectivity index (χ0v) is 5.42. The normalized spacial score (nSPS) is 8.10. The van der Waals surface area contributed by atoms with Gasteiger partial charge in [0, 0.05) is 0 Å². The van der Waals surface area contributed by atoms with Crippen LogP contribution >= 0.6 is 0 Å². The van der Waals surface area contributed by atoms with Crippen LogP contribution < -0.4 is 4.74 Å². The van der Waals surface area contributed by atoms with Crippen molar-refractivity contribution in [2.24, 2.45) is 0 Å². The van der Waals surface area contributed by atoms with Gasteiger partial charge in [-0.15, -0.1) is 0 Å². The molecule has 0 bridgehead atoms. The average molecular weight is 147 g/mol. The molecule has 0 saturated carbocycles. The van der Waals surface area contributed by atoms with E-state index < -0.39 is 0 Å². The van der Waals surface area contributed by atoms with Gasteiger partial charge in [-0.1, -0.05) is 12.1 Å². The number of benzene rings is 1. The van der Waals surface area contributed by atoms with E-state index in [4.69, 9.17) is 4.74 Å². The summed E-state index contributed by atoms with van der Waals surface area (Å²) >= 11 is 0. The molecule has 0 spiro atoms. The summed E-state index contributed by atoms with van der Waals surface area (Å²) in [6, 6.07) is 10.4. The van der Waals surface area contributed by atoms with Gasteiger partial charge in [-0.3, -0.25) is 0 Å². The Morgan fingerprint density at radius 1 is 1.40 bits per heavy atom. The minimum Gasteiger partial charge on any atom is -0.494 e. The minimum atomic E-state index is 0. The second-order valence-corrected chi connectivity index (χ2v) is 1.67. The first kappa shape index (κ1) is 9.79. The van der Waals surface area contributed by atoms with Gasteiger partial charge in [0.05, 0.1) is 6.61 Å². The second kappa shape index (κ2) is 5.56. The molecule has 0 unspecified atom stereocenters. The molecule has 0 amide bonds. The van der Waals surface area contributed by atoms with Crippen LogP contribution in [0.5, 0.6) is 5.75 Å². The van der Waals surface area contributed by atoms with Gasteiger partial charge in [-0.2, -0.15) is 0 Å². The number of hydrogen-bond acceptors (Lipinski definition) is 1. The summed E-state index contributed by atoms with van der Waals surface area (Å²) in [7, 11) is 0. The molecule has 0 atom stereocenters. The van der Waals surface area contributed by atoms with Crippen LogP contribution in [0.2, 0.25) is 0 Å². The molecule has 10 heavy (non-hydrogen) atoms. The van der Waals surface area contributed by atoms with Crippen LogP contribution in [0.3, 0.4) is 0 Å². The first-order valence-corrected chi connectivity index (χ1v) is 3.02. The van der Waals surface area contributed by atoms with Gasteiger partial charge in [0.2, 0.25) is 0 Å². The Bertz CT molecular complexity index is 162. The predicted octanol–water partition coefficient (Wildman–Crippen LogP) is 0.969. The number of ether oxygens (including phenoxy) is 1. The largest absolute Gasteiger partial charge is 0.494 e. The molecule has 0 N–H and O–H groups in total. The van der Waals surface area contributed by atoms with Crippen LogP contribution in [0.25, 0.3) is 0 Å². The van der Waals surface area contributed by atoms with Gasteiger partial charge in [-0.25, -0.2) is 0 Å². The van der Waals surface area contributed by atoms with Gasteiger partial charge in [0.15, 0.2) is 0 Å². The summed E-state index contributed by atoms with van der Waals surface area (Å²) in [5.41, 5.74) is 0. The van der Waals surface area contributed by atoms with E-state index in [9.17, 15) is 0 Å². The number of rotatable bonds is 2. The molecule has 1 radical (unpaired) electrons. The van der Waals surface area contributed by atoms with Crippen molar-refractivity contribution in [1.82, 2.24) is 0 Å². The Balaban J connectivity index is 0.000000810. The lowest BCUT2D eigenvalue weighted by Gasteiger charge is -1.98. The van der Waals surface area contributed by atoms with E-state index in [-0.39, 0.29) is 23.1 Å². The van der Waals surface area contributed by atoms with E-state index in [2.05, 4.69) is 6.07 Å². The molecule has 0 aliphatic heterocycles. The zero-order valence-electron chi connectivity index (χ0n) is 5.42. The van der Waals surface area contributed by atoms with E-state index in [1.807, 2.05) is 31.2 Å². The van der Waals surface area contributed by atoms with Crippen molar-refractivity contribution in [2.45, 2.75) is 6.92 Å². The maximum Gasteiger partial charge on any atom is 0.316 e. The van der Waals surface area contributed by atoms with E-state index >= 15 is 0 Å². The van der Waals surface area contributed by atoms with Crippen molar-refractivity contribution in [3.05, 3.63) is 30.3 Å². The quantitative estimate of drug-likeness (QED) is 0.567. The van der Waals surface area contributed by atoms with Crippen molar-refractivity contribution in [3.63, 3.8) is 0 Å². The third-order valence-corrected chi connectivity index (χ3v) is 0.999. The summed E-state index contributed by atoms with van der Waals surface area (Å²) in [6.07, 6.45) is 0. The molecule has 0 aliphatic carbocycles. The fourth-order valence-electron chi connectivity index (χ4n) is 0.634. The first-order valence-electron chi connectivity index (χ1n) is 3.02. The lowest BCUT2D eigenvalue weighted by molar-refractivity contribution is 0.340. The topological polar surface area (TPSA) is 9.23 Å². The maximum atomic E-state index is 5.19. The molecule has 1 rings (SSSR count). The maximum absolute atomic E-state index is 5.19. The molecule has 1 nitrogen and oxygen atoms in total. The monoisotopic (exact) mass is 147 g/mol. The molecular formula is C8H11MgO. The first-order chi connectivity index (χ1) is 4.43. The van der Waals surface area contributed by atoms with E-state index in [1.165, 1.54) is 0 Å². The highest BCUT2D eigenvalue weighted by Crippen LogP contribution is 2.06. The van der Waals surface area contributed by atoms with Crippen LogP contribution in [0.15, 0.2) is 24.3 Å². The summed E-state index contributed by atoms with van der Waals surface area (Å²) < 4.78 is 5.19. The van der Waals surface area contributed by atoms with Crippen molar-refractivity contribution in [3.8, 4) is 5.75 Å². The third kappa shape index (κ3) is 3.08. The molecule has 0 aliphatic rings. The Hall–Kier alpha value is -0.214. The zero-order chi connectivity index (χ0) is 6.53. The van der Waals surface area contributed by atoms with Gasteiger partial charge in [0.1, 0.15) is 5.75 Å². The molecule has 2 heteroatoms. The van der Waals surface area contributed by atoms with E-state index in [0.717, 1.165) is 12.4 Å². The Labute approximate surface area is 77.5 Å². The third-order valence-electron chi connectivity index (χ3n) is 0.999. The molecule has 1 aromatic rings. The summed E-state index contributed by atoms with van der Waals surface area (Å²) in [5.74, 6) is 0.913. The Morgan fingerprint density at radius 2 is 2.00 bits per heavy atom. The Kier molecular flexibility index (Phi) is 5.44. The molecule has 1 aromatic carbocycles. The molecule has 0 saturated heterocycles. The Morgan fingerprint density at radius 3 is 2.50 bits per heavy atom. The lowest BCUT2D eigenvalue weighted by Crippen LogP contribution is -1.89. The van der Waals surface area contributed by atoms with Crippen molar-refractivity contribution in [1.29, 1.82) is 0 Å². The molecule has 0 heterocycles. The van der Waals surface area contributed by atoms with Crippen LogP contribution in [-0.2, 0) is 0 Å². The average Bonchev–Trinajstić information content (AvgIpc) is 1.91. The fourth-order valence-corrected chi connectivity index (χ4v) is 0.634. The summed E-state index contributed by atoms with van der Waals surface area (Å²) in [5, 5.41) is 0. The predicted molar refractivity (Wildman–Crippen MR) is 45.0 cm³/mol. The van der Waals surface area contributed by atoms with Crippen LogP contribution in [0.1, 0.15) is 6.92 Å². The highest BCUT2D eigenvalue weighted by atomic mass is 24.3. The van der Waals surface area contributed by atoms with E-state index in [1.54, 1.807) is 0 Å². The smallest absolute Gasteiger partial charge is 0.316 e. The highest BCUT2D eigenvalue weighted by Gasteiger charge is 1.84. The van der Waals surface area contributed by atoms with Crippen LogP contribution in [-0.4, -0.2) is 29.7 Å². The van der Waals surface area contributed by atoms with Gasteiger partial charge in [0.25, 0.3) is 0 Å². The number of hydrogen-bond donors (Lipinski definition) is 0. The van der Waals surface area contributed by atoms with Gasteiger partial charge in [-0.05, 0) is 25.1 Å². The van der Waals surface area contributed by atoms with Crippen molar-refractivity contribution in [2.75, 3.05) is 6.61 Å². The van der Waals surface area contributed by atoms with Gasteiger partial charge >= 0.3 is 23.1 Å². The van der Waals surface area contributed by atoms with Crippen molar-refractivity contribution < 1.29 is 4.74 Å². The summed E-state index contributed by atoms with van der Waals surface area (Å²) in [6.45, 7) is 2.70. The molecular weight excluding hydrogens is 136 g/mol. The SMILES string of the molecule is CCOc1cc[c]cc1.[MgH2]. The highest BCUT2D eigenvalue weighted by molar-refractivity contribution is 5.75. The van der Waals surface area contributed by atoms with Gasteiger partial charge < -0.3 is 4.74 Å². The molecule has 51 valence electrons. The van der Waals surface area contributed by atoms with Crippen molar-refractivity contribution >= 4 is 23.1 Å². The minimum absolute atomic E-state index is 0. The van der Waals surface area contributed by atoms with Crippen LogP contribution in [0, 0.1) is 6.07 Å². The van der Waals surface area contributed by atoms with Crippen LogP contribution in [0.4, 0.5) is 0 Å². The summed E-state index contributed by atoms with van der Waals surface area (Å²) in [4.78, 5) is 0.